The van der Waals surface area contributed by atoms with E-state index < -0.39 is 0 Å². The van der Waals surface area contributed by atoms with E-state index in [0.29, 0.717) is 5.82 Å². The zero-order chi connectivity index (χ0) is 18.9. The van der Waals surface area contributed by atoms with E-state index in [4.69, 9.17) is 0 Å². The fourth-order valence-electron chi connectivity index (χ4n) is 3.41. The number of benzene rings is 2. The Balaban J connectivity index is 1.53. The van der Waals surface area contributed by atoms with Crippen molar-refractivity contribution in [3.63, 3.8) is 0 Å². The van der Waals surface area contributed by atoms with E-state index in [1.807, 2.05) is 36.5 Å². The Hall–Kier alpha value is -3.51. The lowest BCUT2D eigenvalue weighted by molar-refractivity contribution is 1.19. The SMILES string of the molecule is Cc1[nH]c2ccccc2c1/C=N\Nc1ncnc2scc(-c3ccccc3)c12. The Bertz CT molecular complexity index is 1300. The highest BCUT2D eigenvalue weighted by atomic mass is 32.1. The van der Waals surface area contributed by atoms with E-state index in [1.54, 1.807) is 17.7 Å². The monoisotopic (exact) mass is 383 g/mol. The third-order valence-electron chi connectivity index (χ3n) is 4.76. The summed E-state index contributed by atoms with van der Waals surface area (Å²) < 4.78 is 0. The number of para-hydroxylation sites is 1. The molecule has 0 aliphatic carbocycles. The van der Waals surface area contributed by atoms with Gasteiger partial charge in [0.1, 0.15) is 11.2 Å². The summed E-state index contributed by atoms with van der Waals surface area (Å²) in [4.78, 5) is 13.2. The van der Waals surface area contributed by atoms with Crippen molar-refractivity contribution in [2.75, 3.05) is 5.43 Å². The summed E-state index contributed by atoms with van der Waals surface area (Å²) in [6, 6.07) is 18.5. The summed E-state index contributed by atoms with van der Waals surface area (Å²) in [6.45, 7) is 2.05. The normalized spacial score (nSPS) is 11.6. The summed E-state index contributed by atoms with van der Waals surface area (Å²) in [7, 11) is 0. The predicted octanol–water partition coefficient (Wildman–Crippen LogP) is 5.59. The lowest BCUT2D eigenvalue weighted by Gasteiger charge is -2.04. The van der Waals surface area contributed by atoms with Gasteiger partial charge in [-0.15, -0.1) is 11.3 Å². The second-order valence-corrected chi connectivity index (χ2v) is 7.36. The molecule has 3 aromatic heterocycles. The van der Waals surface area contributed by atoms with Gasteiger partial charge in [0.25, 0.3) is 0 Å². The number of aromatic amines is 1. The van der Waals surface area contributed by atoms with Crippen LogP contribution in [0.4, 0.5) is 5.82 Å². The molecule has 6 heteroatoms. The summed E-state index contributed by atoms with van der Waals surface area (Å²) in [5.74, 6) is 0.707. The molecule has 0 aliphatic rings. The molecule has 0 saturated carbocycles. The zero-order valence-corrected chi connectivity index (χ0v) is 16.0. The number of fused-ring (bicyclic) bond motifs is 2. The van der Waals surface area contributed by atoms with Crippen molar-refractivity contribution in [1.29, 1.82) is 0 Å². The van der Waals surface area contributed by atoms with Gasteiger partial charge in [-0.1, -0.05) is 48.5 Å². The number of H-pyrrole nitrogens is 1. The molecule has 2 N–H and O–H groups in total. The Kier molecular flexibility index (Phi) is 4.10. The number of hydrogen-bond donors (Lipinski definition) is 2. The second kappa shape index (κ2) is 6.90. The van der Waals surface area contributed by atoms with E-state index >= 15 is 0 Å². The fraction of sp³-hybridized carbons (Fsp3) is 0.0455. The third kappa shape index (κ3) is 2.84. The number of anilines is 1. The topological polar surface area (TPSA) is 66.0 Å². The number of aromatic nitrogens is 3. The van der Waals surface area contributed by atoms with Crippen LogP contribution in [0.25, 0.3) is 32.2 Å². The number of hydrogen-bond acceptors (Lipinski definition) is 5. The Morgan fingerprint density at radius 3 is 2.75 bits per heavy atom. The van der Waals surface area contributed by atoms with Crippen molar-refractivity contribution < 1.29 is 0 Å². The average Bonchev–Trinajstić information content (AvgIpc) is 3.30. The molecule has 0 amide bonds. The first-order valence-corrected chi connectivity index (χ1v) is 9.83. The molecule has 0 fully saturated rings. The minimum Gasteiger partial charge on any atom is -0.358 e. The molecule has 0 bridgehead atoms. The number of thiophene rings is 1. The van der Waals surface area contributed by atoms with Crippen molar-refractivity contribution in [2.45, 2.75) is 6.92 Å². The lowest BCUT2D eigenvalue weighted by Crippen LogP contribution is -1.96. The predicted molar refractivity (Wildman–Crippen MR) is 117 cm³/mol. The molecule has 136 valence electrons. The van der Waals surface area contributed by atoms with Crippen molar-refractivity contribution in [2.24, 2.45) is 5.10 Å². The largest absolute Gasteiger partial charge is 0.358 e. The standard InChI is InChI=1S/C22H17N5S/c1-14-17(16-9-5-6-10-19(16)26-14)11-25-27-21-20-18(15-7-3-2-4-8-15)12-28-22(20)24-13-23-21/h2-13,26H,1H3,(H,23,24,27)/b25-11-. The molecule has 0 aliphatic heterocycles. The van der Waals surface area contributed by atoms with Gasteiger partial charge in [-0.3, -0.25) is 5.43 Å². The zero-order valence-electron chi connectivity index (χ0n) is 15.2. The van der Waals surface area contributed by atoms with Crippen LogP contribution >= 0.6 is 11.3 Å². The first-order chi connectivity index (χ1) is 13.8. The van der Waals surface area contributed by atoms with Crippen molar-refractivity contribution in [3.05, 3.63) is 77.6 Å². The van der Waals surface area contributed by atoms with Gasteiger partial charge in [0.15, 0.2) is 5.82 Å². The van der Waals surface area contributed by atoms with E-state index in [0.717, 1.165) is 43.5 Å². The molecule has 5 rings (SSSR count). The van der Waals surface area contributed by atoms with Gasteiger partial charge in [0.2, 0.25) is 0 Å². The van der Waals surface area contributed by atoms with Gasteiger partial charge in [-0.2, -0.15) is 5.10 Å². The van der Waals surface area contributed by atoms with E-state index in [-0.39, 0.29) is 0 Å². The molecular weight excluding hydrogens is 366 g/mol. The fourth-order valence-corrected chi connectivity index (χ4v) is 4.33. The van der Waals surface area contributed by atoms with Crippen LogP contribution in [-0.4, -0.2) is 21.2 Å². The van der Waals surface area contributed by atoms with Crippen LogP contribution in [0.2, 0.25) is 0 Å². The van der Waals surface area contributed by atoms with Crippen LogP contribution < -0.4 is 5.43 Å². The maximum Gasteiger partial charge on any atom is 0.159 e. The second-order valence-electron chi connectivity index (χ2n) is 6.50. The molecule has 2 aromatic carbocycles. The molecular formula is C22H17N5S. The van der Waals surface area contributed by atoms with Crippen molar-refractivity contribution in [1.82, 2.24) is 15.0 Å². The number of aryl methyl sites for hydroxylation is 1. The molecule has 28 heavy (non-hydrogen) atoms. The molecule has 5 nitrogen and oxygen atoms in total. The van der Waals surface area contributed by atoms with E-state index in [2.05, 4.69) is 62.0 Å². The van der Waals surface area contributed by atoms with Gasteiger partial charge in [-0.05, 0) is 18.6 Å². The molecule has 0 radical (unpaired) electrons. The smallest absolute Gasteiger partial charge is 0.159 e. The van der Waals surface area contributed by atoms with Gasteiger partial charge < -0.3 is 4.98 Å². The quantitative estimate of drug-likeness (QED) is 0.314. The third-order valence-corrected chi connectivity index (χ3v) is 5.65. The summed E-state index contributed by atoms with van der Waals surface area (Å²) in [6.07, 6.45) is 3.42. The number of nitrogens with zero attached hydrogens (tertiary/aromatic N) is 3. The first kappa shape index (κ1) is 16.6. The van der Waals surface area contributed by atoms with Crippen LogP contribution in [0, 0.1) is 6.92 Å². The number of nitrogens with one attached hydrogen (secondary N) is 2. The maximum atomic E-state index is 4.48. The average molecular weight is 383 g/mol. The Labute approximate surface area is 165 Å². The number of hydrazone groups is 1. The van der Waals surface area contributed by atoms with Crippen LogP contribution in [0.15, 0.2) is 71.4 Å². The number of rotatable bonds is 4. The first-order valence-electron chi connectivity index (χ1n) is 8.95. The van der Waals surface area contributed by atoms with Crippen LogP contribution in [0.3, 0.4) is 0 Å². The molecule has 3 heterocycles. The summed E-state index contributed by atoms with van der Waals surface area (Å²) in [5, 5.41) is 8.74. The Morgan fingerprint density at radius 2 is 1.86 bits per heavy atom. The molecule has 5 aromatic rings. The maximum absolute atomic E-state index is 4.48. The van der Waals surface area contributed by atoms with Crippen LogP contribution in [-0.2, 0) is 0 Å². The highest BCUT2D eigenvalue weighted by Gasteiger charge is 2.12. The van der Waals surface area contributed by atoms with Crippen LogP contribution in [0.1, 0.15) is 11.3 Å². The molecule has 0 spiro atoms. The van der Waals surface area contributed by atoms with Gasteiger partial charge in [-0.25, -0.2) is 9.97 Å². The van der Waals surface area contributed by atoms with E-state index in [9.17, 15) is 0 Å². The van der Waals surface area contributed by atoms with Gasteiger partial charge in [0.05, 0.1) is 11.6 Å². The highest BCUT2D eigenvalue weighted by molar-refractivity contribution is 7.17. The Morgan fingerprint density at radius 1 is 1.04 bits per heavy atom. The molecule has 0 atom stereocenters. The van der Waals surface area contributed by atoms with E-state index in [1.165, 1.54) is 0 Å². The van der Waals surface area contributed by atoms with Crippen LogP contribution in [0.5, 0.6) is 0 Å². The summed E-state index contributed by atoms with van der Waals surface area (Å²) in [5.41, 5.74) is 8.64. The highest BCUT2D eigenvalue weighted by Crippen LogP contribution is 2.36. The van der Waals surface area contributed by atoms with Gasteiger partial charge >= 0.3 is 0 Å². The van der Waals surface area contributed by atoms with Crippen molar-refractivity contribution in [3.8, 4) is 11.1 Å². The minimum absolute atomic E-state index is 0.707. The molecule has 0 saturated heterocycles. The van der Waals surface area contributed by atoms with Gasteiger partial charge in [0, 0.05) is 33.1 Å². The summed E-state index contributed by atoms with van der Waals surface area (Å²) >= 11 is 1.61. The van der Waals surface area contributed by atoms with Crippen molar-refractivity contribution >= 4 is 44.5 Å². The lowest BCUT2D eigenvalue weighted by atomic mass is 10.1. The molecule has 0 unspecified atom stereocenters. The minimum atomic E-state index is 0.707.